The molecule has 0 fully saturated rings. The number of amides is 1. The van der Waals surface area contributed by atoms with Gasteiger partial charge < -0.3 is 10.0 Å². The molecular weight excluding hydrogens is 198 g/mol. The Hall–Kier alpha value is -0.870. The van der Waals surface area contributed by atoms with Crippen molar-refractivity contribution in [2.45, 2.75) is 13.8 Å². The van der Waals surface area contributed by atoms with E-state index in [4.69, 9.17) is 5.11 Å². The second-order valence-electron chi connectivity index (χ2n) is 3.02. The fraction of sp³-hybridized carbons (Fsp3) is 0.500. The molecule has 1 rings (SSSR count). The van der Waals surface area contributed by atoms with Gasteiger partial charge in [-0.3, -0.25) is 4.79 Å². The average Bonchev–Trinajstić information content (AvgIpc) is 2.60. The second kappa shape index (κ2) is 5.12. The summed E-state index contributed by atoms with van der Waals surface area (Å²) in [6, 6.07) is 3.77. The van der Waals surface area contributed by atoms with Gasteiger partial charge in [-0.25, -0.2) is 0 Å². The summed E-state index contributed by atoms with van der Waals surface area (Å²) >= 11 is 1.49. The van der Waals surface area contributed by atoms with Crippen molar-refractivity contribution in [1.82, 2.24) is 4.90 Å². The number of rotatable bonds is 4. The molecule has 1 amide bonds. The van der Waals surface area contributed by atoms with Crippen LogP contribution in [0.25, 0.3) is 0 Å². The first-order chi connectivity index (χ1) is 6.69. The van der Waals surface area contributed by atoms with Gasteiger partial charge in [-0.1, -0.05) is 0 Å². The lowest BCUT2D eigenvalue weighted by atomic mass is 10.3. The van der Waals surface area contributed by atoms with Gasteiger partial charge >= 0.3 is 0 Å². The lowest BCUT2D eigenvalue weighted by molar-refractivity contribution is 0.0737. The predicted octanol–water partition coefficient (Wildman–Crippen LogP) is 1.51. The third-order valence-corrected chi connectivity index (χ3v) is 2.98. The number of aryl methyl sites for hydroxylation is 1. The van der Waals surface area contributed by atoms with E-state index in [1.54, 1.807) is 4.90 Å². The van der Waals surface area contributed by atoms with Crippen molar-refractivity contribution in [3.05, 3.63) is 21.9 Å². The fourth-order valence-corrected chi connectivity index (χ4v) is 2.06. The Labute approximate surface area is 88.0 Å². The summed E-state index contributed by atoms with van der Waals surface area (Å²) in [6.07, 6.45) is 0. The van der Waals surface area contributed by atoms with E-state index in [0.29, 0.717) is 13.1 Å². The van der Waals surface area contributed by atoms with Crippen molar-refractivity contribution < 1.29 is 9.90 Å². The first-order valence-corrected chi connectivity index (χ1v) is 5.47. The zero-order valence-electron chi connectivity index (χ0n) is 8.49. The van der Waals surface area contributed by atoms with E-state index < -0.39 is 0 Å². The molecule has 0 bridgehead atoms. The molecule has 1 aromatic rings. The Bertz CT molecular complexity index is 309. The number of carbonyl (C=O) groups excluding carboxylic acids is 1. The summed E-state index contributed by atoms with van der Waals surface area (Å²) in [5.41, 5.74) is 0. The van der Waals surface area contributed by atoms with Crippen LogP contribution in [0.2, 0.25) is 0 Å². The van der Waals surface area contributed by atoms with E-state index in [-0.39, 0.29) is 12.5 Å². The minimum Gasteiger partial charge on any atom is -0.395 e. The number of thiophene rings is 1. The molecule has 3 nitrogen and oxygen atoms in total. The molecule has 4 heteroatoms. The van der Waals surface area contributed by atoms with Crippen LogP contribution in [0, 0.1) is 6.92 Å². The smallest absolute Gasteiger partial charge is 0.263 e. The maximum Gasteiger partial charge on any atom is 0.263 e. The third-order valence-electron chi connectivity index (χ3n) is 1.99. The van der Waals surface area contributed by atoms with Crippen LogP contribution in [0.15, 0.2) is 12.1 Å². The third kappa shape index (κ3) is 2.56. The number of hydrogen-bond donors (Lipinski definition) is 1. The number of likely N-dealkylation sites (N-methyl/N-ethyl adjacent to an activating group) is 1. The van der Waals surface area contributed by atoms with Crippen LogP contribution in [0.4, 0.5) is 0 Å². The molecule has 0 radical (unpaired) electrons. The summed E-state index contributed by atoms with van der Waals surface area (Å²) in [6.45, 7) is 4.95. The van der Waals surface area contributed by atoms with Crippen LogP contribution >= 0.6 is 11.3 Å². The van der Waals surface area contributed by atoms with Gasteiger partial charge in [-0.05, 0) is 26.0 Å². The van der Waals surface area contributed by atoms with Crippen LogP contribution < -0.4 is 0 Å². The molecule has 0 aromatic carbocycles. The van der Waals surface area contributed by atoms with Gasteiger partial charge in [0.25, 0.3) is 5.91 Å². The molecule has 14 heavy (non-hydrogen) atoms. The Kier molecular flexibility index (Phi) is 4.10. The first kappa shape index (κ1) is 11.2. The van der Waals surface area contributed by atoms with Crippen molar-refractivity contribution >= 4 is 17.2 Å². The van der Waals surface area contributed by atoms with Gasteiger partial charge in [0.2, 0.25) is 0 Å². The molecule has 0 saturated carbocycles. The molecule has 0 saturated heterocycles. The van der Waals surface area contributed by atoms with Crippen LogP contribution in [-0.4, -0.2) is 35.6 Å². The van der Waals surface area contributed by atoms with Crippen molar-refractivity contribution in [2.24, 2.45) is 0 Å². The summed E-state index contributed by atoms with van der Waals surface area (Å²) < 4.78 is 0. The van der Waals surface area contributed by atoms with Gasteiger partial charge in [0.05, 0.1) is 11.5 Å². The normalized spacial score (nSPS) is 10.2. The molecule has 0 atom stereocenters. The highest BCUT2D eigenvalue weighted by Gasteiger charge is 2.14. The maximum absolute atomic E-state index is 11.8. The minimum atomic E-state index is 0.0136. The summed E-state index contributed by atoms with van der Waals surface area (Å²) in [7, 11) is 0. The van der Waals surface area contributed by atoms with E-state index in [0.717, 1.165) is 9.75 Å². The molecule has 78 valence electrons. The van der Waals surface area contributed by atoms with E-state index in [9.17, 15) is 4.79 Å². The van der Waals surface area contributed by atoms with Gasteiger partial charge in [0.15, 0.2) is 0 Å². The number of aliphatic hydroxyl groups excluding tert-OH is 1. The Morgan fingerprint density at radius 3 is 2.71 bits per heavy atom. The highest BCUT2D eigenvalue weighted by molar-refractivity contribution is 7.13. The fourth-order valence-electron chi connectivity index (χ4n) is 1.23. The summed E-state index contributed by atoms with van der Waals surface area (Å²) in [5.74, 6) is 0.0136. The molecule has 0 aliphatic carbocycles. The van der Waals surface area contributed by atoms with Crippen molar-refractivity contribution in [3.63, 3.8) is 0 Å². The van der Waals surface area contributed by atoms with Gasteiger partial charge in [0.1, 0.15) is 0 Å². The standard InChI is InChI=1S/C10H15NO2S/c1-3-11(6-7-12)10(13)9-5-4-8(2)14-9/h4-5,12H,3,6-7H2,1-2H3. The number of aliphatic hydroxyl groups is 1. The molecule has 1 heterocycles. The van der Waals surface area contributed by atoms with Crippen LogP contribution in [0.5, 0.6) is 0 Å². The van der Waals surface area contributed by atoms with Crippen molar-refractivity contribution in [2.75, 3.05) is 19.7 Å². The first-order valence-electron chi connectivity index (χ1n) is 4.65. The Morgan fingerprint density at radius 2 is 2.29 bits per heavy atom. The maximum atomic E-state index is 11.8. The molecular formula is C10H15NO2S. The topological polar surface area (TPSA) is 40.5 Å². The Morgan fingerprint density at radius 1 is 1.57 bits per heavy atom. The van der Waals surface area contributed by atoms with Gasteiger partial charge in [-0.15, -0.1) is 11.3 Å². The highest BCUT2D eigenvalue weighted by atomic mass is 32.1. The zero-order chi connectivity index (χ0) is 10.6. The van der Waals surface area contributed by atoms with E-state index in [1.165, 1.54) is 11.3 Å². The predicted molar refractivity (Wildman–Crippen MR) is 57.7 cm³/mol. The monoisotopic (exact) mass is 213 g/mol. The van der Waals surface area contributed by atoms with E-state index in [2.05, 4.69) is 0 Å². The highest BCUT2D eigenvalue weighted by Crippen LogP contribution is 2.16. The zero-order valence-corrected chi connectivity index (χ0v) is 9.30. The summed E-state index contributed by atoms with van der Waals surface area (Å²) in [4.78, 5) is 15.3. The molecule has 0 aliphatic heterocycles. The number of carbonyl (C=O) groups is 1. The Balaban J connectivity index is 2.72. The molecule has 1 aromatic heterocycles. The van der Waals surface area contributed by atoms with E-state index >= 15 is 0 Å². The second-order valence-corrected chi connectivity index (χ2v) is 4.31. The van der Waals surface area contributed by atoms with Gasteiger partial charge in [-0.2, -0.15) is 0 Å². The summed E-state index contributed by atoms with van der Waals surface area (Å²) in [5, 5.41) is 8.78. The number of hydrogen-bond acceptors (Lipinski definition) is 3. The largest absolute Gasteiger partial charge is 0.395 e. The minimum absolute atomic E-state index is 0.0136. The molecule has 0 aliphatic rings. The van der Waals surface area contributed by atoms with Crippen LogP contribution in [0.3, 0.4) is 0 Å². The van der Waals surface area contributed by atoms with Gasteiger partial charge in [0, 0.05) is 18.0 Å². The van der Waals surface area contributed by atoms with E-state index in [1.807, 2.05) is 26.0 Å². The number of nitrogens with zero attached hydrogens (tertiary/aromatic N) is 1. The lowest BCUT2D eigenvalue weighted by Gasteiger charge is -2.18. The van der Waals surface area contributed by atoms with Crippen LogP contribution in [-0.2, 0) is 0 Å². The van der Waals surface area contributed by atoms with Crippen LogP contribution in [0.1, 0.15) is 21.5 Å². The molecule has 1 N–H and O–H groups in total. The molecule has 0 spiro atoms. The van der Waals surface area contributed by atoms with Crippen molar-refractivity contribution in [1.29, 1.82) is 0 Å². The quantitative estimate of drug-likeness (QED) is 0.823. The van der Waals surface area contributed by atoms with Crippen molar-refractivity contribution in [3.8, 4) is 0 Å². The lowest BCUT2D eigenvalue weighted by Crippen LogP contribution is -2.32. The molecule has 0 unspecified atom stereocenters. The SMILES string of the molecule is CCN(CCO)C(=O)c1ccc(C)s1. The average molecular weight is 213 g/mol.